The number of benzene rings is 1. The van der Waals surface area contributed by atoms with Gasteiger partial charge < -0.3 is 19.6 Å². The van der Waals surface area contributed by atoms with Crippen LogP contribution < -0.4 is 4.74 Å². The van der Waals surface area contributed by atoms with Crippen molar-refractivity contribution in [3.63, 3.8) is 0 Å². The molecule has 0 spiro atoms. The summed E-state index contributed by atoms with van der Waals surface area (Å²) in [6.07, 6.45) is 3.44. The van der Waals surface area contributed by atoms with E-state index in [0.717, 1.165) is 10.9 Å². The highest BCUT2D eigenvalue weighted by atomic mass is 35.5. The number of nitrogens with zero attached hydrogens (tertiary/aromatic N) is 1. The summed E-state index contributed by atoms with van der Waals surface area (Å²) in [6.45, 7) is 0.639. The number of H-pyrrole nitrogens is 1. The number of phenolic OH excluding ortho intramolecular Hbond substituents is 1. The van der Waals surface area contributed by atoms with E-state index in [-0.39, 0.29) is 30.1 Å². The Morgan fingerprint density at radius 3 is 2.96 bits per heavy atom. The largest absolute Gasteiger partial charge is 0.504 e. The lowest BCUT2D eigenvalue weighted by molar-refractivity contribution is 0.144. The number of ether oxygens (including phenoxy) is 2. The average Bonchev–Trinajstić information content (AvgIpc) is 2.96. The minimum Gasteiger partial charge on any atom is -0.504 e. The third-order valence-corrected chi connectivity index (χ3v) is 3.89. The molecule has 24 heavy (non-hydrogen) atoms. The first-order chi connectivity index (χ1) is 11.6. The molecule has 0 saturated carbocycles. The van der Waals surface area contributed by atoms with Gasteiger partial charge in [0, 0.05) is 36.9 Å². The number of hydrogen-bond acceptors (Lipinski definition) is 4. The lowest BCUT2D eigenvalue weighted by atomic mass is 10.0. The molecular formula is C17H16ClFN2O3. The van der Waals surface area contributed by atoms with Gasteiger partial charge in [-0.2, -0.15) is 0 Å². The van der Waals surface area contributed by atoms with Crippen LogP contribution in [0.4, 0.5) is 4.39 Å². The van der Waals surface area contributed by atoms with Gasteiger partial charge in [0.05, 0.1) is 11.6 Å². The van der Waals surface area contributed by atoms with Crippen molar-refractivity contribution >= 4 is 22.6 Å². The van der Waals surface area contributed by atoms with Crippen molar-refractivity contribution in [2.45, 2.75) is 6.42 Å². The summed E-state index contributed by atoms with van der Waals surface area (Å²) in [5, 5.41) is 11.6. The Balaban J connectivity index is 1.93. The van der Waals surface area contributed by atoms with Crippen molar-refractivity contribution in [3.05, 3.63) is 52.6 Å². The van der Waals surface area contributed by atoms with Gasteiger partial charge in [-0.25, -0.2) is 9.37 Å². The molecule has 1 aromatic carbocycles. The molecule has 0 bridgehead atoms. The molecular weight excluding hydrogens is 335 g/mol. The van der Waals surface area contributed by atoms with Crippen molar-refractivity contribution in [2.75, 3.05) is 20.3 Å². The molecule has 0 radical (unpaired) electrons. The molecule has 3 rings (SSSR count). The summed E-state index contributed by atoms with van der Waals surface area (Å²) < 4.78 is 24.5. The number of rotatable bonds is 6. The Labute approximate surface area is 143 Å². The van der Waals surface area contributed by atoms with Crippen LogP contribution in [0.25, 0.3) is 11.0 Å². The topological polar surface area (TPSA) is 67.4 Å². The molecule has 2 aromatic heterocycles. The highest BCUT2D eigenvalue weighted by Gasteiger charge is 2.16. The maximum atomic E-state index is 14.2. The Morgan fingerprint density at radius 1 is 1.33 bits per heavy atom. The van der Waals surface area contributed by atoms with Crippen molar-refractivity contribution in [2.24, 2.45) is 0 Å². The van der Waals surface area contributed by atoms with Crippen molar-refractivity contribution in [3.8, 4) is 11.5 Å². The Kier molecular flexibility index (Phi) is 4.87. The number of halogens is 2. The fourth-order valence-electron chi connectivity index (χ4n) is 2.48. The van der Waals surface area contributed by atoms with Gasteiger partial charge in [0.25, 0.3) is 0 Å². The number of fused-ring (bicyclic) bond motifs is 1. The predicted octanol–water partition coefficient (Wildman–Crippen LogP) is 3.68. The molecule has 3 aromatic rings. The molecule has 7 heteroatoms. The molecule has 2 N–H and O–H groups in total. The fraction of sp³-hybridized carbons (Fsp3) is 0.235. The van der Waals surface area contributed by atoms with Crippen LogP contribution in [0.1, 0.15) is 11.1 Å². The first-order valence-electron chi connectivity index (χ1n) is 7.33. The smallest absolute Gasteiger partial charge is 0.164 e. The van der Waals surface area contributed by atoms with E-state index in [4.69, 9.17) is 21.1 Å². The SMILES string of the molecule is COCCOc1ccc(F)c(Cc2c[nH]c3ncc(Cl)cc23)c1O. The monoisotopic (exact) mass is 350 g/mol. The van der Waals surface area contributed by atoms with E-state index in [2.05, 4.69) is 9.97 Å². The van der Waals surface area contributed by atoms with E-state index in [0.29, 0.717) is 17.3 Å². The van der Waals surface area contributed by atoms with Gasteiger partial charge in [-0.05, 0) is 23.8 Å². The zero-order chi connectivity index (χ0) is 17.1. The highest BCUT2D eigenvalue weighted by molar-refractivity contribution is 6.31. The summed E-state index contributed by atoms with van der Waals surface area (Å²) in [5.41, 5.74) is 1.59. The third-order valence-electron chi connectivity index (χ3n) is 3.68. The van der Waals surface area contributed by atoms with Crippen LogP contribution in [0.5, 0.6) is 11.5 Å². The standard InChI is InChI=1S/C17H16ClFN2O3/c1-23-4-5-24-15-3-2-14(19)13(16(15)22)6-10-8-20-17-12(10)7-11(18)9-21-17/h2-3,7-9,22H,4-6H2,1H3,(H,20,21). The van der Waals surface area contributed by atoms with Gasteiger partial charge in [-0.3, -0.25) is 0 Å². The second-order valence-electron chi connectivity index (χ2n) is 5.25. The zero-order valence-corrected chi connectivity index (χ0v) is 13.7. The zero-order valence-electron chi connectivity index (χ0n) is 13.0. The number of aromatic hydroxyl groups is 1. The molecule has 0 aliphatic heterocycles. The molecule has 2 heterocycles. The van der Waals surface area contributed by atoms with Crippen LogP contribution in [-0.2, 0) is 11.2 Å². The van der Waals surface area contributed by atoms with Crippen molar-refractivity contribution < 1.29 is 19.0 Å². The highest BCUT2D eigenvalue weighted by Crippen LogP contribution is 2.34. The minimum atomic E-state index is -0.504. The second-order valence-corrected chi connectivity index (χ2v) is 5.69. The predicted molar refractivity (Wildman–Crippen MR) is 89.3 cm³/mol. The lowest BCUT2D eigenvalue weighted by Crippen LogP contribution is -2.05. The van der Waals surface area contributed by atoms with E-state index < -0.39 is 5.82 Å². The number of aromatic amines is 1. The number of nitrogens with one attached hydrogen (secondary N) is 1. The maximum Gasteiger partial charge on any atom is 0.164 e. The molecule has 5 nitrogen and oxygen atoms in total. The number of hydrogen-bond donors (Lipinski definition) is 2. The van der Waals surface area contributed by atoms with Gasteiger partial charge in [-0.1, -0.05) is 11.6 Å². The first kappa shape index (κ1) is 16.5. The number of methoxy groups -OCH3 is 1. The third kappa shape index (κ3) is 3.29. The number of aromatic nitrogens is 2. The second kappa shape index (κ2) is 7.07. The van der Waals surface area contributed by atoms with E-state index in [1.165, 1.54) is 18.3 Å². The van der Waals surface area contributed by atoms with Crippen molar-refractivity contribution in [1.82, 2.24) is 9.97 Å². The van der Waals surface area contributed by atoms with Crippen LogP contribution in [0.15, 0.2) is 30.6 Å². The molecule has 0 unspecified atom stereocenters. The number of phenols is 1. The summed E-state index contributed by atoms with van der Waals surface area (Å²) in [5.74, 6) is -0.495. The molecule has 0 saturated heterocycles. The average molecular weight is 351 g/mol. The summed E-state index contributed by atoms with van der Waals surface area (Å²) >= 11 is 5.98. The Morgan fingerprint density at radius 2 is 2.17 bits per heavy atom. The summed E-state index contributed by atoms with van der Waals surface area (Å²) in [6, 6.07) is 4.43. The Hall–Kier alpha value is -2.31. The van der Waals surface area contributed by atoms with E-state index >= 15 is 0 Å². The molecule has 0 aliphatic rings. The van der Waals surface area contributed by atoms with Gasteiger partial charge >= 0.3 is 0 Å². The van der Waals surface area contributed by atoms with Crippen LogP contribution in [0.3, 0.4) is 0 Å². The Bertz CT molecular complexity index is 866. The van der Waals surface area contributed by atoms with Gasteiger partial charge in [0.1, 0.15) is 18.1 Å². The molecule has 0 aliphatic carbocycles. The first-order valence-corrected chi connectivity index (χ1v) is 7.71. The molecule has 126 valence electrons. The van der Waals surface area contributed by atoms with Gasteiger partial charge in [0.15, 0.2) is 11.5 Å². The minimum absolute atomic E-state index is 0.158. The normalized spacial score (nSPS) is 11.1. The number of pyridine rings is 1. The van der Waals surface area contributed by atoms with Crippen molar-refractivity contribution in [1.29, 1.82) is 0 Å². The van der Waals surface area contributed by atoms with Crippen LogP contribution in [-0.4, -0.2) is 35.4 Å². The van der Waals surface area contributed by atoms with E-state index in [1.807, 2.05) is 0 Å². The molecule has 0 atom stereocenters. The maximum absolute atomic E-state index is 14.2. The summed E-state index contributed by atoms with van der Waals surface area (Å²) in [4.78, 5) is 7.18. The quantitative estimate of drug-likeness (QED) is 0.665. The fourth-order valence-corrected chi connectivity index (χ4v) is 2.64. The summed E-state index contributed by atoms with van der Waals surface area (Å²) in [7, 11) is 1.55. The van der Waals surface area contributed by atoms with Crippen LogP contribution in [0.2, 0.25) is 5.02 Å². The van der Waals surface area contributed by atoms with Gasteiger partial charge in [-0.15, -0.1) is 0 Å². The van der Waals surface area contributed by atoms with Gasteiger partial charge in [0.2, 0.25) is 0 Å². The van der Waals surface area contributed by atoms with E-state index in [9.17, 15) is 9.50 Å². The van der Waals surface area contributed by atoms with E-state index in [1.54, 1.807) is 19.4 Å². The van der Waals surface area contributed by atoms with Crippen LogP contribution >= 0.6 is 11.6 Å². The molecule has 0 amide bonds. The van der Waals surface area contributed by atoms with Crippen LogP contribution in [0, 0.1) is 5.82 Å². The lowest BCUT2D eigenvalue weighted by Gasteiger charge is -2.12. The molecule has 0 fully saturated rings.